The minimum absolute atomic E-state index is 0.316. The Bertz CT molecular complexity index is 269. The summed E-state index contributed by atoms with van der Waals surface area (Å²) in [6.45, 7) is 12.8. The van der Waals surface area contributed by atoms with E-state index in [9.17, 15) is 9.59 Å². The minimum atomic E-state index is -0.329. The molecule has 0 fully saturated rings. The van der Waals surface area contributed by atoms with Crippen LogP contribution in [-0.2, 0) is 19.1 Å². The van der Waals surface area contributed by atoms with Crippen LogP contribution in [0.5, 0.6) is 0 Å². The van der Waals surface area contributed by atoms with Crippen LogP contribution >= 0.6 is 0 Å². The van der Waals surface area contributed by atoms with Crippen molar-refractivity contribution in [2.24, 2.45) is 5.92 Å². The van der Waals surface area contributed by atoms with Crippen molar-refractivity contribution >= 4 is 11.9 Å². The first-order valence-corrected chi connectivity index (χ1v) is 6.51. The zero-order chi connectivity index (χ0) is 15.1. The van der Waals surface area contributed by atoms with Gasteiger partial charge in [-0.05, 0) is 12.3 Å². The summed E-state index contributed by atoms with van der Waals surface area (Å²) in [4.78, 5) is 20.4. The zero-order valence-corrected chi connectivity index (χ0v) is 12.3. The number of hydrogen-bond acceptors (Lipinski definition) is 4. The predicted octanol–water partition coefficient (Wildman–Crippen LogP) is 3.63. The molecular weight excluding hydrogens is 244 g/mol. The number of esters is 2. The molecule has 0 aromatic heterocycles. The normalized spacial score (nSPS) is 9.05. The van der Waals surface area contributed by atoms with E-state index in [1.807, 2.05) is 0 Å². The molecule has 0 N–H and O–H groups in total. The third-order valence-corrected chi connectivity index (χ3v) is 2.09. The van der Waals surface area contributed by atoms with Gasteiger partial charge in [0, 0.05) is 13.0 Å². The molecule has 0 aliphatic heterocycles. The molecule has 110 valence electrons. The number of unbranched alkanes of at least 4 members (excludes halogenated alkanes) is 2. The quantitative estimate of drug-likeness (QED) is 0.292. The summed E-state index contributed by atoms with van der Waals surface area (Å²) in [7, 11) is 0. The second-order valence-corrected chi connectivity index (χ2v) is 4.39. The van der Waals surface area contributed by atoms with Crippen LogP contribution in [0.3, 0.4) is 0 Å². The van der Waals surface area contributed by atoms with E-state index < -0.39 is 0 Å². The standard InChI is InChI=1S/C11H20O2.C4H6O2/c1-4-11(12)13-9-7-5-6-8-10(2)3;1-3-6-4(2)5/h4,10H,1,5-9H2,2-3H3;3H,1H2,2H3. The van der Waals surface area contributed by atoms with E-state index in [0.717, 1.165) is 25.0 Å². The van der Waals surface area contributed by atoms with Gasteiger partial charge in [-0.3, -0.25) is 4.79 Å². The highest BCUT2D eigenvalue weighted by Gasteiger charge is 1.96. The highest BCUT2D eigenvalue weighted by atomic mass is 16.5. The van der Waals surface area contributed by atoms with Crippen LogP contribution in [0.2, 0.25) is 0 Å². The molecule has 0 radical (unpaired) electrons. The first-order valence-electron chi connectivity index (χ1n) is 6.51. The van der Waals surface area contributed by atoms with Crippen molar-refractivity contribution in [3.63, 3.8) is 0 Å². The van der Waals surface area contributed by atoms with Crippen LogP contribution in [0, 0.1) is 5.92 Å². The Morgan fingerprint density at radius 3 is 2.16 bits per heavy atom. The summed E-state index contributed by atoms with van der Waals surface area (Å²) < 4.78 is 9.01. The third-order valence-electron chi connectivity index (χ3n) is 2.09. The maximum Gasteiger partial charge on any atom is 0.330 e. The zero-order valence-electron chi connectivity index (χ0n) is 12.3. The molecule has 4 nitrogen and oxygen atoms in total. The summed E-state index contributed by atoms with van der Waals surface area (Å²) in [5.41, 5.74) is 0. The van der Waals surface area contributed by atoms with Crippen molar-refractivity contribution in [2.45, 2.75) is 46.5 Å². The molecular formula is C15H26O4. The van der Waals surface area contributed by atoms with E-state index in [2.05, 4.69) is 31.7 Å². The molecule has 0 rings (SSSR count). The van der Waals surface area contributed by atoms with Gasteiger partial charge < -0.3 is 9.47 Å². The van der Waals surface area contributed by atoms with Gasteiger partial charge in [-0.15, -0.1) is 0 Å². The highest BCUT2D eigenvalue weighted by Crippen LogP contribution is 2.07. The van der Waals surface area contributed by atoms with Crippen LogP contribution in [0.1, 0.15) is 46.5 Å². The van der Waals surface area contributed by atoms with Crippen LogP contribution in [0.25, 0.3) is 0 Å². The lowest BCUT2D eigenvalue weighted by atomic mass is 10.1. The first kappa shape index (κ1) is 19.8. The number of ether oxygens (including phenoxy) is 2. The van der Waals surface area contributed by atoms with E-state index in [1.54, 1.807) is 0 Å². The second kappa shape index (κ2) is 14.5. The van der Waals surface area contributed by atoms with Gasteiger partial charge in [0.05, 0.1) is 12.9 Å². The van der Waals surface area contributed by atoms with Crippen molar-refractivity contribution in [2.75, 3.05) is 6.61 Å². The summed E-state index contributed by atoms with van der Waals surface area (Å²) in [5, 5.41) is 0. The monoisotopic (exact) mass is 270 g/mol. The minimum Gasteiger partial charge on any atom is -0.463 e. The predicted molar refractivity (Wildman–Crippen MR) is 76.4 cm³/mol. The SMILES string of the molecule is C=CC(=O)OCCCCCC(C)C.C=COC(C)=O. The lowest BCUT2D eigenvalue weighted by Crippen LogP contribution is -2.01. The number of carbonyl (C=O) groups is 2. The van der Waals surface area contributed by atoms with Crippen LogP contribution in [0.15, 0.2) is 25.5 Å². The molecule has 0 aromatic carbocycles. The van der Waals surface area contributed by atoms with E-state index in [4.69, 9.17) is 4.74 Å². The third kappa shape index (κ3) is 22.1. The Morgan fingerprint density at radius 1 is 1.16 bits per heavy atom. The second-order valence-electron chi connectivity index (χ2n) is 4.39. The Labute approximate surface area is 116 Å². The lowest BCUT2D eigenvalue weighted by Gasteiger charge is -2.04. The molecule has 0 aliphatic rings. The Hall–Kier alpha value is -1.58. The average Bonchev–Trinajstić information content (AvgIpc) is 2.33. The van der Waals surface area contributed by atoms with Crippen molar-refractivity contribution < 1.29 is 19.1 Å². The molecule has 19 heavy (non-hydrogen) atoms. The van der Waals surface area contributed by atoms with Crippen molar-refractivity contribution in [1.82, 2.24) is 0 Å². The summed E-state index contributed by atoms with van der Waals surface area (Å²) in [5.74, 6) is 0.129. The van der Waals surface area contributed by atoms with E-state index >= 15 is 0 Å². The average molecular weight is 270 g/mol. The van der Waals surface area contributed by atoms with Crippen molar-refractivity contribution in [1.29, 1.82) is 0 Å². The largest absolute Gasteiger partial charge is 0.463 e. The topological polar surface area (TPSA) is 52.6 Å². The van der Waals surface area contributed by atoms with Gasteiger partial charge in [0.25, 0.3) is 0 Å². The summed E-state index contributed by atoms with van der Waals surface area (Å²) in [6.07, 6.45) is 6.89. The molecule has 0 unspecified atom stereocenters. The van der Waals surface area contributed by atoms with Crippen LogP contribution < -0.4 is 0 Å². The Kier molecular flexibility index (Phi) is 15.1. The molecule has 0 aliphatic carbocycles. The molecule has 4 heteroatoms. The molecule has 0 saturated carbocycles. The number of rotatable bonds is 8. The highest BCUT2D eigenvalue weighted by molar-refractivity contribution is 5.81. The molecule has 0 atom stereocenters. The van der Waals surface area contributed by atoms with Gasteiger partial charge in [-0.2, -0.15) is 0 Å². The number of carbonyl (C=O) groups excluding carboxylic acids is 2. The molecule has 0 spiro atoms. The maximum absolute atomic E-state index is 10.6. The van der Waals surface area contributed by atoms with Crippen molar-refractivity contribution in [3.8, 4) is 0 Å². The molecule has 0 bridgehead atoms. The maximum atomic E-state index is 10.6. The Balaban J connectivity index is 0. The fourth-order valence-corrected chi connectivity index (χ4v) is 1.18. The molecule has 0 amide bonds. The van der Waals surface area contributed by atoms with Crippen molar-refractivity contribution in [3.05, 3.63) is 25.5 Å². The van der Waals surface area contributed by atoms with Gasteiger partial charge >= 0.3 is 11.9 Å². The fourth-order valence-electron chi connectivity index (χ4n) is 1.18. The van der Waals surface area contributed by atoms with Gasteiger partial charge in [-0.1, -0.05) is 46.3 Å². The van der Waals surface area contributed by atoms with Gasteiger partial charge in [0.1, 0.15) is 0 Å². The van der Waals surface area contributed by atoms with Crippen LogP contribution in [0.4, 0.5) is 0 Å². The lowest BCUT2D eigenvalue weighted by molar-refractivity contribution is -0.138. The molecule has 0 saturated heterocycles. The summed E-state index contributed by atoms with van der Waals surface area (Å²) >= 11 is 0. The number of hydrogen-bond donors (Lipinski definition) is 0. The Morgan fingerprint density at radius 2 is 1.79 bits per heavy atom. The van der Waals surface area contributed by atoms with E-state index in [-0.39, 0.29) is 11.9 Å². The smallest absolute Gasteiger partial charge is 0.330 e. The van der Waals surface area contributed by atoms with E-state index in [0.29, 0.717) is 6.61 Å². The molecule has 0 heterocycles. The van der Waals surface area contributed by atoms with Gasteiger partial charge in [0.15, 0.2) is 0 Å². The van der Waals surface area contributed by atoms with Gasteiger partial charge in [0.2, 0.25) is 0 Å². The fraction of sp³-hybridized carbons (Fsp3) is 0.600. The first-order chi connectivity index (χ1) is 8.93. The van der Waals surface area contributed by atoms with Gasteiger partial charge in [-0.25, -0.2) is 4.79 Å². The van der Waals surface area contributed by atoms with E-state index in [1.165, 1.54) is 25.8 Å². The molecule has 0 aromatic rings. The van der Waals surface area contributed by atoms with Crippen LogP contribution in [-0.4, -0.2) is 18.5 Å². The summed E-state index contributed by atoms with van der Waals surface area (Å²) in [6, 6.07) is 0.